The molecule has 1 saturated heterocycles. The standard InChI is InChI=1S/C19H21N5/c1-23-8-10-24(11-9-23)17-5-7-22-18-3-2-15(4-6-20)12-19(18)14-21-13-16(17)19/h2-5,7,13H,8-12,14H2,1H3/b15-4+. The first-order valence-corrected chi connectivity index (χ1v) is 8.42. The normalized spacial score (nSPS) is 30.9. The van der Waals surface area contributed by atoms with Gasteiger partial charge in [-0.05, 0) is 31.2 Å². The molecule has 0 aromatic carbocycles. The van der Waals surface area contributed by atoms with Crippen molar-refractivity contribution < 1.29 is 0 Å². The van der Waals surface area contributed by atoms with Gasteiger partial charge < -0.3 is 9.80 Å². The highest BCUT2D eigenvalue weighted by atomic mass is 15.3. The maximum absolute atomic E-state index is 9.03. The van der Waals surface area contributed by atoms with Crippen LogP contribution in [0.15, 0.2) is 57.3 Å². The Hall–Kier alpha value is -2.45. The van der Waals surface area contributed by atoms with Crippen molar-refractivity contribution in [3.05, 3.63) is 47.3 Å². The molecule has 122 valence electrons. The second-order valence-corrected chi connectivity index (χ2v) is 6.83. The van der Waals surface area contributed by atoms with E-state index < -0.39 is 0 Å². The van der Waals surface area contributed by atoms with E-state index in [0.29, 0.717) is 6.54 Å². The average Bonchev–Trinajstić information content (AvgIpc) is 2.91. The van der Waals surface area contributed by atoms with Crippen LogP contribution in [-0.4, -0.2) is 61.5 Å². The molecule has 4 aliphatic rings. The summed E-state index contributed by atoms with van der Waals surface area (Å²) in [6, 6.07) is 2.16. The number of hydrogen-bond donors (Lipinski definition) is 0. The molecule has 5 heteroatoms. The van der Waals surface area contributed by atoms with Gasteiger partial charge in [-0.1, -0.05) is 6.08 Å². The first-order chi connectivity index (χ1) is 11.7. The number of likely N-dealkylation sites (N-methyl/N-ethyl adjacent to an activating group) is 1. The Morgan fingerprint density at radius 3 is 2.83 bits per heavy atom. The Bertz CT molecular complexity index is 766. The molecular weight excluding hydrogens is 298 g/mol. The molecule has 0 aromatic rings. The highest BCUT2D eigenvalue weighted by molar-refractivity contribution is 6.10. The summed E-state index contributed by atoms with van der Waals surface area (Å²) in [6.45, 7) is 4.91. The molecule has 1 aliphatic carbocycles. The van der Waals surface area contributed by atoms with E-state index in [1.165, 1.54) is 11.3 Å². The molecule has 1 unspecified atom stereocenters. The number of piperazine rings is 1. The number of aliphatic imine (C=N–C) groups is 2. The third-order valence-electron chi connectivity index (χ3n) is 5.36. The minimum atomic E-state index is -0.209. The van der Waals surface area contributed by atoms with Crippen molar-refractivity contribution in [2.24, 2.45) is 15.4 Å². The molecule has 3 heterocycles. The van der Waals surface area contributed by atoms with Crippen LogP contribution >= 0.6 is 0 Å². The summed E-state index contributed by atoms with van der Waals surface area (Å²) in [5, 5.41) is 9.03. The third-order valence-corrected chi connectivity index (χ3v) is 5.36. The van der Waals surface area contributed by atoms with Crippen LogP contribution in [0.2, 0.25) is 0 Å². The summed E-state index contributed by atoms with van der Waals surface area (Å²) in [4.78, 5) is 14.1. The molecule has 0 aromatic heterocycles. The zero-order valence-corrected chi connectivity index (χ0v) is 13.9. The molecule has 3 aliphatic heterocycles. The zero-order chi connectivity index (χ0) is 16.6. The number of hydrogen-bond acceptors (Lipinski definition) is 5. The Labute approximate surface area is 142 Å². The van der Waals surface area contributed by atoms with Crippen molar-refractivity contribution in [1.82, 2.24) is 9.80 Å². The van der Waals surface area contributed by atoms with E-state index in [2.05, 4.69) is 40.1 Å². The van der Waals surface area contributed by atoms with Crippen molar-refractivity contribution in [3.63, 3.8) is 0 Å². The summed E-state index contributed by atoms with van der Waals surface area (Å²) in [7, 11) is 2.17. The van der Waals surface area contributed by atoms with Crippen molar-refractivity contribution in [2.75, 3.05) is 39.8 Å². The smallest absolute Gasteiger partial charge is 0.0914 e. The molecule has 0 N–H and O–H groups in total. The molecule has 5 nitrogen and oxygen atoms in total. The minimum Gasteiger partial charge on any atom is -0.369 e. The highest BCUT2D eigenvalue weighted by Gasteiger charge is 2.45. The average molecular weight is 319 g/mol. The van der Waals surface area contributed by atoms with Crippen molar-refractivity contribution in [3.8, 4) is 6.07 Å². The minimum absolute atomic E-state index is 0.209. The van der Waals surface area contributed by atoms with Gasteiger partial charge in [0.2, 0.25) is 0 Å². The van der Waals surface area contributed by atoms with E-state index in [-0.39, 0.29) is 5.41 Å². The van der Waals surface area contributed by atoms with Crippen molar-refractivity contribution in [2.45, 2.75) is 6.42 Å². The van der Waals surface area contributed by atoms with E-state index in [4.69, 9.17) is 10.3 Å². The first-order valence-electron chi connectivity index (χ1n) is 8.42. The lowest BCUT2D eigenvalue weighted by molar-refractivity contribution is 0.188. The van der Waals surface area contributed by atoms with Crippen LogP contribution < -0.4 is 0 Å². The second kappa shape index (κ2) is 5.88. The van der Waals surface area contributed by atoms with Gasteiger partial charge in [-0.25, -0.2) is 0 Å². The first kappa shape index (κ1) is 15.1. The highest BCUT2D eigenvalue weighted by Crippen LogP contribution is 2.45. The molecule has 0 radical (unpaired) electrons. The Morgan fingerprint density at radius 1 is 1.21 bits per heavy atom. The van der Waals surface area contributed by atoms with Crippen LogP contribution in [0, 0.1) is 16.7 Å². The lowest BCUT2D eigenvalue weighted by Crippen LogP contribution is -2.45. The van der Waals surface area contributed by atoms with Gasteiger partial charge in [-0.15, -0.1) is 0 Å². The number of rotatable bonds is 1. The molecule has 1 fully saturated rings. The van der Waals surface area contributed by atoms with E-state index >= 15 is 0 Å². The summed E-state index contributed by atoms with van der Waals surface area (Å²) in [6.07, 6.45) is 12.6. The quantitative estimate of drug-likeness (QED) is 0.694. The Morgan fingerprint density at radius 2 is 2.04 bits per heavy atom. The van der Waals surface area contributed by atoms with Crippen LogP contribution in [0.4, 0.5) is 0 Å². The predicted octanol–water partition coefficient (Wildman–Crippen LogP) is 1.94. The summed E-state index contributed by atoms with van der Waals surface area (Å²) in [5.41, 5.74) is 4.41. The molecule has 1 atom stereocenters. The van der Waals surface area contributed by atoms with E-state index in [1.807, 2.05) is 18.5 Å². The van der Waals surface area contributed by atoms with Crippen LogP contribution in [-0.2, 0) is 0 Å². The SMILES string of the molecule is CN1CCN(C2=C3C=NCC34C/C(=C/C#N)C=CC4=NC=C2)CC1. The fourth-order valence-electron chi connectivity index (χ4n) is 3.98. The van der Waals surface area contributed by atoms with Gasteiger partial charge in [0.15, 0.2) is 0 Å². The van der Waals surface area contributed by atoms with E-state index in [0.717, 1.165) is 43.9 Å². The summed E-state index contributed by atoms with van der Waals surface area (Å²) >= 11 is 0. The van der Waals surface area contributed by atoms with Crippen LogP contribution in [0.1, 0.15) is 6.42 Å². The molecule has 0 amide bonds. The van der Waals surface area contributed by atoms with Gasteiger partial charge in [0.1, 0.15) is 0 Å². The fourth-order valence-corrected chi connectivity index (χ4v) is 3.98. The topological polar surface area (TPSA) is 55.0 Å². The lowest BCUT2D eigenvalue weighted by Gasteiger charge is -2.38. The third kappa shape index (κ3) is 2.35. The molecule has 0 saturated carbocycles. The van der Waals surface area contributed by atoms with Crippen LogP contribution in [0.5, 0.6) is 0 Å². The molecular formula is C19H21N5. The molecule has 4 rings (SSSR count). The Kier molecular flexibility index (Phi) is 3.70. The monoisotopic (exact) mass is 319 g/mol. The summed E-state index contributed by atoms with van der Waals surface area (Å²) in [5.74, 6) is 0. The number of allylic oxidation sites excluding steroid dienone is 5. The summed E-state index contributed by atoms with van der Waals surface area (Å²) < 4.78 is 0. The van der Waals surface area contributed by atoms with Crippen molar-refractivity contribution in [1.29, 1.82) is 5.26 Å². The molecule has 0 bridgehead atoms. The number of nitriles is 1. The van der Waals surface area contributed by atoms with Gasteiger partial charge in [-0.3, -0.25) is 9.98 Å². The number of nitrogens with zero attached hydrogens (tertiary/aromatic N) is 5. The van der Waals surface area contributed by atoms with Gasteiger partial charge in [0.05, 0.1) is 23.7 Å². The molecule has 24 heavy (non-hydrogen) atoms. The Balaban J connectivity index is 1.78. The fraction of sp³-hybridized carbons (Fsp3) is 0.421. The van der Waals surface area contributed by atoms with Gasteiger partial charge in [0, 0.05) is 55.9 Å². The molecule has 1 spiro atoms. The lowest BCUT2D eigenvalue weighted by atomic mass is 9.69. The second-order valence-electron chi connectivity index (χ2n) is 6.83. The zero-order valence-electron chi connectivity index (χ0n) is 13.9. The predicted molar refractivity (Wildman–Crippen MR) is 95.9 cm³/mol. The van der Waals surface area contributed by atoms with Crippen LogP contribution in [0.25, 0.3) is 0 Å². The van der Waals surface area contributed by atoms with E-state index in [1.54, 1.807) is 6.08 Å². The van der Waals surface area contributed by atoms with Crippen LogP contribution in [0.3, 0.4) is 0 Å². The maximum Gasteiger partial charge on any atom is 0.0914 e. The van der Waals surface area contributed by atoms with Gasteiger partial charge >= 0.3 is 0 Å². The van der Waals surface area contributed by atoms with Gasteiger partial charge in [-0.2, -0.15) is 5.26 Å². The maximum atomic E-state index is 9.03. The van der Waals surface area contributed by atoms with Gasteiger partial charge in [0.25, 0.3) is 0 Å². The van der Waals surface area contributed by atoms with E-state index in [9.17, 15) is 0 Å². The largest absolute Gasteiger partial charge is 0.369 e. The van der Waals surface area contributed by atoms with Crippen molar-refractivity contribution >= 4 is 11.9 Å².